The molecule has 0 N–H and O–H groups in total. The minimum absolute atomic E-state index is 0.463. The van der Waals surface area contributed by atoms with Crippen LogP contribution >= 0.6 is 0 Å². The third-order valence-corrected chi connectivity index (χ3v) is 2.20. The second-order valence-corrected chi connectivity index (χ2v) is 4.37. The van der Waals surface area contributed by atoms with E-state index < -0.39 is 0 Å². The van der Waals surface area contributed by atoms with Gasteiger partial charge in [-0.3, -0.25) is 0 Å². The first-order valence-electron chi connectivity index (χ1n) is 4.97. The molecule has 0 spiro atoms. The van der Waals surface area contributed by atoms with Gasteiger partial charge in [0.15, 0.2) is 0 Å². The zero-order chi connectivity index (χ0) is 10.0. The predicted molar refractivity (Wildman–Crippen MR) is 53.9 cm³/mol. The Labute approximate surface area is 80.3 Å². The van der Waals surface area contributed by atoms with Crippen LogP contribution in [0.25, 0.3) is 0 Å². The first-order chi connectivity index (χ1) is 6.02. The molecule has 0 bridgehead atoms. The number of hydrogen-bond donors (Lipinski definition) is 0. The maximum absolute atomic E-state index is 5.32. The first-order valence-corrected chi connectivity index (χ1v) is 4.97. The van der Waals surface area contributed by atoms with Gasteiger partial charge in [-0.15, -0.1) is 0 Å². The molecule has 74 valence electrons. The van der Waals surface area contributed by atoms with Gasteiger partial charge in [0.05, 0.1) is 5.69 Å². The van der Waals surface area contributed by atoms with E-state index in [1.165, 1.54) is 5.56 Å². The van der Waals surface area contributed by atoms with Crippen molar-refractivity contribution in [1.29, 1.82) is 0 Å². The van der Waals surface area contributed by atoms with Gasteiger partial charge in [0.25, 0.3) is 0 Å². The minimum Gasteiger partial charge on any atom is -0.361 e. The maximum atomic E-state index is 5.32. The summed E-state index contributed by atoms with van der Waals surface area (Å²) in [6.45, 7) is 10.8. The van der Waals surface area contributed by atoms with E-state index in [0.29, 0.717) is 11.8 Å². The van der Waals surface area contributed by atoms with Crippen LogP contribution in [0.1, 0.15) is 50.6 Å². The molecule has 0 fully saturated rings. The van der Waals surface area contributed by atoms with E-state index in [4.69, 9.17) is 4.52 Å². The lowest BCUT2D eigenvalue weighted by atomic mass is 10.0. The quantitative estimate of drug-likeness (QED) is 0.715. The molecule has 0 saturated heterocycles. The van der Waals surface area contributed by atoms with Crippen molar-refractivity contribution in [3.63, 3.8) is 0 Å². The van der Waals surface area contributed by atoms with Crippen LogP contribution in [-0.2, 0) is 6.42 Å². The molecule has 0 aliphatic carbocycles. The second-order valence-electron chi connectivity index (χ2n) is 4.37. The van der Waals surface area contributed by atoms with Crippen LogP contribution in [0.5, 0.6) is 0 Å². The maximum Gasteiger partial charge on any atom is 0.140 e. The molecule has 0 aliphatic heterocycles. The van der Waals surface area contributed by atoms with Gasteiger partial charge in [-0.1, -0.05) is 32.9 Å². The van der Waals surface area contributed by atoms with Crippen molar-refractivity contribution in [3.8, 4) is 0 Å². The molecule has 1 rings (SSSR count). The lowest BCUT2D eigenvalue weighted by molar-refractivity contribution is 0.361. The smallest absolute Gasteiger partial charge is 0.140 e. The molecule has 0 atom stereocenters. The summed E-state index contributed by atoms with van der Waals surface area (Å²) in [6, 6.07) is 0. The van der Waals surface area contributed by atoms with E-state index in [-0.39, 0.29) is 0 Å². The second kappa shape index (κ2) is 3.95. The molecule has 0 aliphatic rings. The van der Waals surface area contributed by atoms with Crippen LogP contribution in [0.2, 0.25) is 0 Å². The molecule has 0 amide bonds. The Morgan fingerprint density at radius 2 is 1.85 bits per heavy atom. The van der Waals surface area contributed by atoms with Crippen LogP contribution in [0.15, 0.2) is 4.52 Å². The lowest BCUT2D eigenvalue weighted by Gasteiger charge is -2.02. The highest BCUT2D eigenvalue weighted by molar-refractivity contribution is 5.23. The fraction of sp³-hybridized carbons (Fsp3) is 0.727. The molecule has 2 heteroatoms. The summed E-state index contributed by atoms with van der Waals surface area (Å²) in [6.07, 6.45) is 0.992. The van der Waals surface area contributed by atoms with E-state index in [1.54, 1.807) is 0 Å². The van der Waals surface area contributed by atoms with Gasteiger partial charge in [-0.05, 0) is 18.8 Å². The van der Waals surface area contributed by atoms with Gasteiger partial charge in [0.2, 0.25) is 0 Å². The van der Waals surface area contributed by atoms with Gasteiger partial charge in [0.1, 0.15) is 5.76 Å². The van der Waals surface area contributed by atoms with Crippen molar-refractivity contribution >= 4 is 0 Å². The van der Waals surface area contributed by atoms with Crippen LogP contribution in [0.4, 0.5) is 0 Å². The summed E-state index contributed by atoms with van der Waals surface area (Å²) in [5.41, 5.74) is 2.35. The van der Waals surface area contributed by atoms with E-state index in [2.05, 4.69) is 39.8 Å². The van der Waals surface area contributed by atoms with Crippen molar-refractivity contribution in [2.45, 2.75) is 47.0 Å². The number of aromatic nitrogens is 1. The molecule has 1 aromatic rings. The average Bonchev–Trinajstić information content (AvgIpc) is 2.32. The standard InChI is InChI=1S/C11H19NO/c1-7(2)6-10-9(5)11(8(3)4)12-13-10/h7-8H,6H2,1-5H3. The fourth-order valence-corrected chi connectivity index (χ4v) is 1.48. The third kappa shape index (κ3) is 2.33. The van der Waals surface area contributed by atoms with Crippen LogP contribution < -0.4 is 0 Å². The van der Waals surface area contributed by atoms with Gasteiger partial charge in [-0.25, -0.2) is 0 Å². The summed E-state index contributed by atoms with van der Waals surface area (Å²) >= 11 is 0. The van der Waals surface area contributed by atoms with E-state index in [1.807, 2.05) is 0 Å². The van der Waals surface area contributed by atoms with Crippen molar-refractivity contribution in [2.75, 3.05) is 0 Å². The third-order valence-electron chi connectivity index (χ3n) is 2.20. The highest BCUT2D eigenvalue weighted by atomic mass is 16.5. The summed E-state index contributed by atoms with van der Waals surface area (Å²) in [4.78, 5) is 0. The van der Waals surface area contributed by atoms with Crippen molar-refractivity contribution in [1.82, 2.24) is 5.16 Å². The summed E-state index contributed by atoms with van der Waals surface area (Å²) in [5, 5.41) is 4.09. The summed E-state index contributed by atoms with van der Waals surface area (Å²) < 4.78 is 5.32. The molecular weight excluding hydrogens is 162 g/mol. The first kappa shape index (κ1) is 10.3. The molecule has 0 aromatic carbocycles. The molecule has 0 radical (unpaired) electrons. The molecule has 0 unspecified atom stereocenters. The van der Waals surface area contributed by atoms with Gasteiger partial charge in [0, 0.05) is 12.0 Å². The molecule has 1 heterocycles. The van der Waals surface area contributed by atoms with E-state index in [0.717, 1.165) is 17.9 Å². The Kier molecular flexibility index (Phi) is 3.12. The lowest BCUT2D eigenvalue weighted by Crippen LogP contribution is -1.95. The minimum atomic E-state index is 0.463. The highest BCUT2D eigenvalue weighted by Gasteiger charge is 2.14. The summed E-state index contributed by atoms with van der Waals surface area (Å²) in [7, 11) is 0. The fourth-order valence-electron chi connectivity index (χ4n) is 1.48. The molecular formula is C11H19NO. The van der Waals surface area contributed by atoms with E-state index in [9.17, 15) is 0 Å². The van der Waals surface area contributed by atoms with Crippen LogP contribution in [0.3, 0.4) is 0 Å². The Morgan fingerprint density at radius 3 is 2.23 bits per heavy atom. The van der Waals surface area contributed by atoms with Crippen LogP contribution in [0, 0.1) is 12.8 Å². The van der Waals surface area contributed by atoms with Crippen molar-refractivity contribution in [2.24, 2.45) is 5.92 Å². The van der Waals surface area contributed by atoms with E-state index >= 15 is 0 Å². The Bertz CT molecular complexity index is 274. The summed E-state index contributed by atoms with van der Waals surface area (Å²) in [5.74, 6) is 2.15. The topological polar surface area (TPSA) is 26.0 Å². The molecule has 0 saturated carbocycles. The Balaban J connectivity index is 2.86. The molecule has 2 nitrogen and oxygen atoms in total. The predicted octanol–water partition coefficient (Wildman–Crippen LogP) is 3.30. The van der Waals surface area contributed by atoms with Crippen molar-refractivity contribution in [3.05, 3.63) is 17.0 Å². The monoisotopic (exact) mass is 181 g/mol. The SMILES string of the molecule is Cc1c(C(C)C)noc1CC(C)C. The van der Waals surface area contributed by atoms with Crippen LogP contribution in [-0.4, -0.2) is 5.16 Å². The Morgan fingerprint density at radius 1 is 1.23 bits per heavy atom. The highest BCUT2D eigenvalue weighted by Crippen LogP contribution is 2.22. The number of nitrogens with zero attached hydrogens (tertiary/aromatic N) is 1. The zero-order valence-corrected chi connectivity index (χ0v) is 9.22. The van der Waals surface area contributed by atoms with Crippen molar-refractivity contribution < 1.29 is 4.52 Å². The van der Waals surface area contributed by atoms with Gasteiger partial charge >= 0.3 is 0 Å². The Hall–Kier alpha value is -0.790. The largest absolute Gasteiger partial charge is 0.361 e. The normalized spacial score (nSPS) is 11.6. The van der Waals surface area contributed by atoms with Gasteiger partial charge in [-0.2, -0.15) is 0 Å². The zero-order valence-electron chi connectivity index (χ0n) is 9.22. The number of rotatable bonds is 3. The van der Waals surface area contributed by atoms with Gasteiger partial charge < -0.3 is 4.52 Å². The average molecular weight is 181 g/mol. The molecule has 13 heavy (non-hydrogen) atoms. The number of hydrogen-bond acceptors (Lipinski definition) is 2. The molecule has 1 aromatic heterocycles.